The van der Waals surface area contributed by atoms with Gasteiger partial charge in [-0.15, -0.1) is 0 Å². The summed E-state index contributed by atoms with van der Waals surface area (Å²) in [6.07, 6.45) is 4.79. The molecule has 2 aromatic rings. The summed E-state index contributed by atoms with van der Waals surface area (Å²) >= 11 is 0. The van der Waals surface area contributed by atoms with Crippen molar-refractivity contribution in [2.24, 2.45) is 0 Å². The van der Waals surface area contributed by atoms with Crippen LogP contribution in [0, 0.1) is 13.8 Å². The number of nitrogens with zero attached hydrogens (tertiary/aromatic N) is 1. The Labute approximate surface area is 184 Å². The van der Waals surface area contributed by atoms with Crippen LogP contribution in [0.4, 0.5) is 5.69 Å². The molecule has 4 rings (SSSR count). The van der Waals surface area contributed by atoms with Crippen LogP contribution in [-0.2, 0) is 20.7 Å². The number of hydrogen-bond acceptors (Lipinski definition) is 3. The zero-order chi connectivity index (χ0) is 21.8. The molecule has 0 radical (unpaired) electrons. The molecule has 31 heavy (non-hydrogen) atoms. The molecule has 2 atom stereocenters. The van der Waals surface area contributed by atoms with Gasteiger partial charge in [-0.3, -0.25) is 9.59 Å². The smallest absolute Gasteiger partial charge is 0.244 e. The van der Waals surface area contributed by atoms with Crippen molar-refractivity contribution in [3.05, 3.63) is 64.7 Å². The summed E-state index contributed by atoms with van der Waals surface area (Å²) in [4.78, 5) is 28.3. The summed E-state index contributed by atoms with van der Waals surface area (Å²) in [5, 5.41) is 3.01. The summed E-state index contributed by atoms with van der Waals surface area (Å²) in [6.45, 7) is 5.27. The molecule has 2 aliphatic rings. The molecule has 2 unspecified atom stereocenters. The third-order valence-electron chi connectivity index (χ3n) is 6.64. The zero-order valence-corrected chi connectivity index (χ0v) is 18.5. The molecule has 1 aliphatic carbocycles. The van der Waals surface area contributed by atoms with Gasteiger partial charge in [0.2, 0.25) is 11.8 Å². The monoisotopic (exact) mass is 420 g/mol. The van der Waals surface area contributed by atoms with Gasteiger partial charge < -0.3 is 15.0 Å². The lowest BCUT2D eigenvalue weighted by atomic mass is 9.82. The maximum atomic E-state index is 13.6. The lowest BCUT2D eigenvalue weighted by Crippen LogP contribution is -2.45. The highest BCUT2D eigenvalue weighted by atomic mass is 16.5. The van der Waals surface area contributed by atoms with Gasteiger partial charge in [0, 0.05) is 18.8 Å². The summed E-state index contributed by atoms with van der Waals surface area (Å²) in [5.41, 5.74) is 5.35. The highest BCUT2D eigenvalue weighted by molar-refractivity contribution is 5.96. The molecule has 0 spiro atoms. The Morgan fingerprint density at radius 3 is 2.71 bits per heavy atom. The average Bonchev–Trinajstić information content (AvgIpc) is 3.29. The van der Waals surface area contributed by atoms with E-state index >= 15 is 0 Å². The van der Waals surface area contributed by atoms with Crippen molar-refractivity contribution >= 4 is 17.5 Å². The molecule has 1 N–H and O–H groups in total. The normalized spacial score (nSPS) is 20.2. The van der Waals surface area contributed by atoms with Gasteiger partial charge in [0.05, 0.1) is 18.6 Å². The molecular weight excluding hydrogens is 388 g/mol. The predicted octanol–water partition coefficient (Wildman–Crippen LogP) is 4.37. The third kappa shape index (κ3) is 4.99. The molecule has 1 aliphatic heterocycles. The van der Waals surface area contributed by atoms with Crippen molar-refractivity contribution in [2.75, 3.05) is 25.0 Å². The Morgan fingerprint density at radius 1 is 1.06 bits per heavy atom. The molecule has 1 heterocycles. The van der Waals surface area contributed by atoms with Gasteiger partial charge in [0.25, 0.3) is 0 Å². The number of carbonyl (C=O) groups excluding carboxylic acids is 2. The van der Waals surface area contributed by atoms with Crippen LogP contribution >= 0.6 is 0 Å². The van der Waals surface area contributed by atoms with E-state index in [9.17, 15) is 9.59 Å². The first-order chi connectivity index (χ1) is 15.0. The maximum absolute atomic E-state index is 13.6. The molecule has 164 valence electrons. The number of benzene rings is 2. The van der Waals surface area contributed by atoms with Gasteiger partial charge in [0.1, 0.15) is 0 Å². The summed E-state index contributed by atoms with van der Waals surface area (Å²) in [5.74, 6) is -0.303. The molecule has 1 saturated heterocycles. The first-order valence-corrected chi connectivity index (χ1v) is 11.4. The van der Waals surface area contributed by atoms with Crippen molar-refractivity contribution in [3.63, 3.8) is 0 Å². The van der Waals surface area contributed by atoms with Crippen LogP contribution in [0.5, 0.6) is 0 Å². The van der Waals surface area contributed by atoms with Gasteiger partial charge in [-0.1, -0.05) is 36.4 Å². The van der Waals surface area contributed by atoms with Crippen LogP contribution in [0.3, 0.4) is 0 Å². The first-order valence-electron chi connectivity index (χ1n) is 11.4. The van der Waals surface area contributed by atoms with E-state index in [1.165, 1.54) is 5.56 Å². The summed E-state index contributed by atoms with van der Waals surface area (Å²) in [6, 6.07) is 14.1. The topological polar surface area (TPSA) is 58.6 Å². The number of anilines is 1. The third-order valence-corrected chi connectivity index (χ3v) is 6.64. The second-order valence-corrected chi connectivity index (χ2v) is 8.79. The van der Waals surface area contributed by atoms with E-state index in [0.29, 0.717) is 6.54 Å². The van der Waals surface area contributed by atoms with Gasteiger partial charge in [-0.2, -0.15) is 0 Å². The number of hydrogen-bond donors (Lipinski definition) is 1. The van der Waals surface area contributed by atoms with E-state index in [2.05, 4.69) is 17.4 Å². The lowest BCUT2D eigenvalue weighted by molar-refractivity contribution is -0.137. The number of fused-ring (bicyclic) bond motifs is 1. The van der Waals surface area contributed by atoms with Gasteiger partial charge in [-0.05, 0) is 74.3 Å². The minimum atomic E-state index is -0.181. The number of rotatable bonds is 6. The fraction of sp³-hybridized carbons (Fsp3) is 0.462. The minimum absolute atomic E-state index is 0.0105. The van der Waals surface area contributed by atoms with Crippen LogP contribution in [0.25, 0.3) is 0 Å². The average molecular weight is 421 g/mol. The Balaban J connectivity index is 1.52. The van der Waals surface area contributed by atoms with Crippen LogP contribution in [0.2, 0.25) is 0 Å². The number of nitrogens with one attached hydrogen (secondary N) is 1. The largest absolute Gasteiger partial charge is 0.376 e. The molecule has 0 saturated carbocycles. The Kier molecular flexibility index (Phi) is 6.71. The number of ether oxygens (including phenoxy) is 1. The van der Waals surface area contributed by atoms with Crippen LogP contribution in [-0.4, -0.2) is 42.5 Å². The van der Waals surface area contributed by atoms with E-state index in [-0.39, 0.29) is 30.4 Å². The van der Waals surface area contributed by atoms with Crippen molar-refractivity contribution in [2.45, 2.75) is 58.0 Å². The van der Waals surface area contributed by atoms with Gasteiger partial charge >= 0.3 is 0 Å². The second-order valence-electron chi connectivity index (χ2n) is 8.79. The van der Waals surface area contributed by atoms with Crippen molar-refractivity contribution in [1.29, 1.82) is 0 Å². The fourth-order valence-corrected chi connectivity index (χ4v) is 4.75. The summed E-state index contributed by atoms with van der Waals surface area (Å²) < 4.78 is 5.80. The van der Waals surface area contributed by atoms with Crippen LogP contribution in [0.15, 0.2) is 42.5 Å². The summed E-state index contributed by atoms with van der Waals surface area (Å²) in [7, 11) is 0. The van der Waals surface area contributed by atoms with Crippen LogP contribution in [0.1, 0.15) is 53.9 Å². The molecule has 5 heteroatoms. The van der Waals surface area contributed by atoms with Crippen molar-refractivity contribution in [1.82, 2.24) is 4.90 Å². The molecule has 2 amide bonds. The van der Waals surface area contributed by atoms with Gasteiger partial charge in [0.15, 0.2) is 0 Å². The SMILES string of the molecule is Cc1cccc(NC(=O)CN(CC2CCCO2)C(=O)C2CCCc3ccccc32)c1C. The predicted molar refractivity (Wildman–Crippen MR) is 122 cm³/mol. The van der Waals surface area contributed by atoms with E-state index in [0.717, 1.165) is 61.1 Å². The Morgan fingerprint density at radius 2 is 1.90 bits per heavy atom. The Hall–Kier alpha value is -2.66. The fourth-order valence-electron chi connectivity index (χ4n) is 4.75. The van der Waals surface area contributed by atoms with E-state index in [4.69, 9.17) is 4.74 Å². The molecule has 0 bridgehead atoms. The van der Waals surface area contributed by atoms with Crippen molar-refractivity contribution < 1.29 is 14.3 Å². The minimum Gasteiger partial charge on any atom is -0.376 e. The number of amides is 2. The zero-order valence-electron chi connectivity index (χ0n) is 18.5. The van der Waals surface area contributed by atoms with E-state index in [1.54, 1.807) is 4.90 Å². The number of carbonyl (C=O) groups is 2. The quantitative estimate of drug-likeness (QED) is 0.755. The molecule has 1 fully saturated rings. The van der Waals surface area contributed by atoms with E-state index in [1.807, 2.05) is 44.2 Å². The standard InChI is InChI=1S/C26H32N2O3/c1-18-8-5-14-24(19(18)2)27-25(29)17-28(16-21-11-7-15-31-21)26(30)23-13-6-10-20-9-3-4-12-22(20)23/h3-5,8-9,12,14,21,23H,6-7,10-11,13,15-17H2,1-2H3,(H,27,29). The number of aryl methyl sites for hydroxylation is 2. The highest BCUT2D eigenvalue weighted by Crippen LogP contribution is 2.33. The van der Waals surface area contributed by atoms with Crippen molar-refractivity contribution in [3.8, 4) is 0 Å². The van der Waals surface area contributed by atoms with Crippen LogP contribution < -0.4 is 5.32 Å². The second kappa shape index (κ2) is 9.65. The van der Waals surface area contributed by atoms with Gasteiger partial charge in [-0.25, -0.2) is 0 Å². The molecule has 0 aromatic heterocycles. The maximum Gasteiger partial charge on any atom is 0.244 e. The molecule has 2 aromatic carbocycles. The first kappa shape index (κ1) is 21.6. The Bertz CT molecular complexity index is 949. The molecule has 5 nitrogen and oxygen atoms in total. The molecular formula is C26H32N2O3. The lowest BCUT2D eigenvalue weighted by Gasteiger charge is -2.32. The highest BCUT2D eigenvalue weighted by Gasteiger charge is 2.32. The van der Waals surface area contributed by atoms with E-state index < -0.39 is 0 Å².